The third-order valence-corrected chi connectivity index (χ3v) is 5.42. The summed E-state index contributed by atoms with van der Waals surface area (Å²) in [6, 6.07) is 4.06. The fourth-order valence-corrected chi connectivity index (χ4v) is 3.88. The summed E-state index contributed by atoms with van der Waals surface area (Å²) in [5.41, 5.74) is -0.913. The largest absolute Gasteiger partial charge is 0.352 e. The van der Waals surface area contributed by atoms with Crippen LogP contribution in [0.3, 0.4) is 0 Å². The van der Waals surface area contributed by atoms with Gasteiger partial charge in [-0.1, -0.05) is 56.0 Å². The molecule has 0 unspecified atom stereocenters. The van der Waals surface area contributed by atoms with E-state index in [9.17, 15) is 14.4 Å². The van der Waals surface area contributed by atoms with Crippen molar-refractivity contribution in [2.75, 3.05) is 6.54 Å². The van der Waals surface area contributed by atoms with Gasteiger partial charge in [0.15, 0.2) is 0 Å². The van der Waals surface area contributed by atoms with Gasteiger partial charge in [-0.2, -0.15) is 0 Å². The predicted octanol–water partition coefficient (Wildman–Crippen LogP) is 4.09. The summed E-state index contributed by atoms with van der Waals surface area (Å²) >= 11 is 12.1. The molecule has 1 aliphatic rings. The Balaban J connectivity index is 2.02. The van der Waals surface area contributed by atoms with E-state index in [2.05, 4.69) is 24.5 Å². The van der Waals surface area contributed by atoms with Crippen LogP contribution < -0.4 is 10.6 Å². The molecule has 0 aliphatic carbocycles. The first-order valence-electron chi connectivity index (χ1n) is 9.43. The Morgan fingerprint density at radius 2 is 1.89 bits per heavy atom. The zero-order chi connectivity index (χ0) is 21.1. The molecule has 0 radical (unpaired) electrons. The first-order valence-corrected chi connectivity index (χ1v) is 10.2. The Morgan fingerprint density at radius 3 is 2.50 bits per heavy atom. The number of urea groups is 1. The first-order chi connectivity index (χ1) is 13.0. The molecule has 0 spiro atoms. The van der Waals surface area contributed by atoms with Crippen LogP contribution in [-0.2, 0) is 15.1 Å². The van der Waals surface area contributed by atoms with E-state index in [0.717, 1.165) is 24.2 Å². The van der Waals surface area contributed by atoms with Gasteiger partial charge in [0.2, 0.25) is 5.91 Å². The van der Waals surface area contributed by atoms with Crippen LogP contribution >= 0.6 is 23.2 Å². The minimum Gasteiger partial charge on any atom is -0.352 e. The van der Waals surface area contributed by atoms with Gasteiger partial charge in [-0.15, -0.1) is 0 Å². The Hall–Kier alpha value is -1.79. The normalized spacial score (nSPS) is 20.5. The summed E-state index contributed by atoms with van der Waals surface area (Å²) in [6.07, 6.45) is 2.95. The van der Waals surface area contributed by atoms with Crippen LogP contribution in [0.1, 0.15) is 52.5 Å². The van der Waals surface area contributed by atoms with Gasteiger partial charge in [-0.25, -0.2) is 4.79 Å². The highest BCUT2D eigenvalue weighted by Gasteiger charge is 2.50. The molecule has 1 aromatic rings. The lowest BCUT2D eigenvalue weighted by atomic mass is 9.92. The van der Waals surface area contributed by atoms with Gasteiger partial charge in [-0.05, 0) is 38.3 Å². The second-order valence-corrected chi connectivity index (χ2v) is 8.71. The van der Waals surface area contributed by atoms with Gasteiger partial charge in [0.1, 0.15) is 12.1 Å². The molecule has 8 heteroatoms. The Kier molecular flexibility index (Phi) is 7.34. The van der Waals surface area contributed by atoms with Crippen molar-refractivity contribution in [1.82, 2.24) is 15.5 Å². The Bertz CT molecular complexity index is 769. The quantitative estimate of drug-likeness (QED) is 0.613. The Labute approximate surface area is 175 Å². The molecule has 2 N–H and O–H groups in total. The maximum Gasteiger partial charge on any atom is 0.325 e. The van der Waals surface area contributed by atoms with E-state index in [1.54, 1.807) is 19.1 Å². The molecule has 2 rings (SSSR count). The maximum atomic E-state index is 12.9. The molecule has 1 aromatic carbocycles. The average Bonchev–Trinajstić information content (AvgIpc) is 2.78. The highest BCUT2D eigenvalue weighted by atomic mass is 35.5. The summed E-state index contributed by atoms with van der Waals surface area (Å²) < 4.78 is 0. The van der Waals surface area contributed by atoms with Crippen LogP contribution in [0.2, 0.25) is 10.0 Å². The van der Waals surface area contributed by atoms with Crippen LogP contribution in [0.5, 0.6) is 0 Å². The smallest absolute Gasteiger partial charge is 0.325 e. The number of halogens is 2. The van der Waals surface area contributed by atoms with E-state index in [0.29, 0.717) is 16.5 Å². The van der Waals surface area contributed by atoms with Crippen LogP contribution in [0, 0.1) is 5.92 Å². The summed E-state index contributed by atoms with van der Waals surface area (Å²) in [5.74, 6) is -0.275. The molecule has 0 saturated carbocycles. The number of carbonyl (C=O) groups is 3. The number of benzene rings is 1. The SMILES string of the molecule is CC(C)CCC[C@H](C)NC(=O)CN1C(=O)N[C@](C)(c2ccc(Cl)cc2Cl)C1=O. The van der Waals surface area contributed by atoms with Gasteiger partial charge in [0.05, 0.1) is 0 Å². The minimum atomic E-state index is -1.35. The molecule has 0 bridgehead atoms. The first kappa shape index (κ1) is 22.5. The van der Waals surface area contributed by atoms with Gasteiger partial charge >= 0.3 is 6.03 Å². The highest BCUT2D eigenvalue weighted by molar-refractivity contribution is 6.35. The third-order valence-electron chi connectivity index (χ3n) is 4.87. The fraction of sp³-hybridized carbons (Fsp3) is 0.550. The van der Waals surface area contributed by atoms with Crippen molar-refractivity contribution in [2.45, 2.75) is 58.5 Å². The van der Waals surface area contributed by atoms with Crippen LogP contribution in [0.25, 0.3) is 0 Å². The molecule has 28 heavy (non-hydrogen) atoms. The number of hydrogen-bond acceptors (Lipinski definition) is 3. The molecule has 1 saturated heterocycles. The average molecular weight is 428 g/mol. The number of rotatable bonds is 8. The molecule has 6 nitrogen and oxygen atoms in total. The van der Waals surface area contributed by atoms with Crippen molar-refractivity contribution in [3.05, 3.63) is 33.8 Å². The van der Waals surface area contributed by atoms with E-state index < -0.39 is 17.5 Å². The number of nitrogens with one attached hydrogen (secondary N) is 2. The second-order valence-electron chi connectivity index (χ2n) is 7.86. The number of carbonyl (C=O) groups excluding carboxylic acids is 3. The molecule has 1 fully saturated rings. The van der Waals surface area contributed by atoms with E-state index in [4.69, 9.17) is 23.2 Å². The second kappa shape index (κ2) is 9.14. The van der Waals surface area contributed by atoms with Gasteiger partial charge in [0, 0.05) is 21.7 Å². The molecular formula is C20H27Cl2N3O3. The Morgan fingerprint density at radius 1 is 1.21 bits per heavy atom. The van der Waals surface area contributed by atoms with Gasteiger partial charge < -0.3 is 10.6 Å². The molecule has 154 valence electrons. The fourth-order valence-electron chi connectivity index (χ4n) is 3.29. The molecule has 2 atom stereocenters. The number of amides is 4. The zero-order valence-electron chi connectivity index (χ0n) is 16.6. The summed E-state index contributed by atoms with van der Waals surface area (Å²) in [4.78, 5) is 38.5. The van der Waals surface area contributed by atoms with E-state index in [-0.39, 0.29) is 23.5 Å². The van der Waals surface area contributed by atoms with Crippen molar-refractivity contribution in [3.63, 3.8) is 0 Å². The number of hydrogen-bond donors (Lipinski definition) is 2. The van der Waals surface area contributed by atoms with Crippen molar-refractivity contribution in [3.8, 4) is 0 Å². The van der Waals surface area contributed by atoms with Crippen LogP contribution in [0.4, 0.5) is 4.79 Å². The summed E-state index contributed by atoms with van der Waals surface area (Å²) in [5, 5.41) is 6.19. The zero-order valence-corrected chi connectivity index (χ0v) is 18.2. The molecule has 4 amide bonds. The van der Waals surface area contributed by atoms with Crippen molar-refractivity contribution < 1.29 is 14.4 Å². The lowest BCUT2D eigenvalue weighted by Gasteiger charge is -2.23. The lowest BCUT2D eigenvalue weighted by molar-refractivity contribution is -0.135. The maximum absolute atomic E-state index is 12.9. The van der Waals surface area contributed by atoms with Gasteiger partial charge in [0.25, 0.3) is 5.91 Å². The highest BCUT2D eigenvalue weighted by Crippen LogP contribution is 2.34. The number of imide groups is 1. The molecule has 1 heterocycles. The standard InChI is InChI=1S/C20H27Cl2N3O3/c1-12(2)6-5-7-13(3)23-17(26)11-25-18(27)20(4,24-19(25)28)15-9-8-14(21)10-16(15)22/h8-10,12-13H,5-7,11H2,1-4H3,(H,23,26)(H,24,28)/t13-,20+/m0/s1. The minimum absolute atomic E-state index is 0.0240. The molecular weight excluding hydrogens is 401 g/mol. The van der Waals surface area contributed by atoms with Crippen LogP contribution in [-0.4, -0.2) is 35.3 Å². The molecule has 0 aromatic heterocycles. The van der Waals surface area contributed by atoms with E-state index in [1.165, 1.54) is 6.07 Å². The van der Waals surface area contributed by atoms with E-state index in [1.807, 2.05) is 6.92 Å². The molecule has 1 aliphatic heterocycles. The number of nitrogens with zero attached hydrogens (tertiary/aromatic N) is 1. The van der Waals surface area contributed by atoms with E-state index >= 15 is 0 Å². The van der Waals surface area contributed by atoms with Crippen molar-refractivity contribution in [2.24, 2.45) is 5.92 Å². The summed E-state index contributed by atoms with van der Waals surface area (Å²) in [6.45, 7) is 7.46. The third kappa shape index (κ3) is 5.17. The van der Waals surface area contributed by atoms with Crippen LogP contribution in [0.15, 0.2) is 18.2 Å². The van der Waals surface area contributed by atoms with Gasteiger partial charge in [-0.3, -0.25) is 14.5 Å². The predicted molar refractivity (Wildman–Crippen MR) is 110 cm³/mol. The van der Waals surface area contributed by atoms with Crippen molar-refractivity contribution >= 4 is 41.0 Å². The lowest BCUT2D eigenvalue weighted by Crippen LogP contribution is -2.45. The summed E-state index contributed by atoms with van der Waals surface area (Å²) in [7, 11) is 0. The monoisotopic (exact) mass is 427 g/mol. The topological polar surface area (TPSA) is 78.5 Å². The van der Waals surface area contributed by atoms with Crippen molar-refractivity contribution in [1.29, 1.82) is 0 Å².